The Morgan fingerprint density at radius 3 is 2.67 bits per heavy atom. The van der Waals surface area contributed by atoms with Gasteiger partial charge in [-0.3, -0.25) is 4.79 Å². The first-order chi connectivity index (χ1) is 7.27. The van der Waals surface area contributed by atoms with Crippen LogP contribution in [0.15, 0.2) is 0 Å². The summed E-state index contributed by atoms with van der Waals surface area (Å²) in [6, 6.07) is 0. The summed E-state index contributed by atoms with van der Waals surface area (Å²) in [5.41, 5.74) is 0. The first-order valence-corrected chi connectivity index (χ1v) is 6.15. The van der Waals surface area contributed by atoms with Crippen molar-refractivity contribution in [2.75, 3.05) is 19.7 Å². The molecule has 1 fully saturated rings. The Labute approximate surface area is 92.6 Å². The molecule has 0 aromatic rings. The predicted octanol–water partition coefficient (Wildman–Crippen LogP) is 1.97. The Balaban J connectivity index is 2.12. The standard InChI is InChI=1S/C12H23NO2/c1-3-5-6-10(4-2)9-15-12(14)11-7-13-8-11/h10-11,13H,3-9H2,1-2H3. The van der Waals surface area contributed by atoms with Crippen LogP contribution in [-0.4, -0.2) is 25.7 Å². The van der Waals surface area contributed by atoms with Crippen LogP contribution in [0.5, 0.6) is 0 Å². The van der Waals surface area contributed by atoms with E-state index in [4.69, 9.17) is 4.74 Å². The molecule has 3 nitrogen and oxygen atoms in total. The van der Waals surface area contributed by atoms with Gasteiger partial charge in [-0.15, -0.1) is 0 Å². The van der Waals surface area contributed by atoms with Gasteiger partial charge in [-0.25, -0.2) is 0 Å². The number of ether oxygens (including phenoxy) is 1. The summed E-state index contributed by atoms with van der Waals surface area (Å²) in [7, 11) is 0. The van der Waals surface area contributed by atoms with Gasteiger partial charge in [0.15, 0.2) is 0 Å². The highest BCUT2D eigenvalue weighted by Gasteiger charge is 2.26. The zero-order valence-corrected chi connectivity index (χ0v) is 9.92. The first-order valence-electron chi connectivity index (χ1n) is 6.15. The molecule has 1 rings (SSSR count). The van der Waals surface area contributed by atoms with Crippen LogP contribution < -0.4 is 5.32 Å². The molecule has 0 amide bonds. The van der Waals surface area contributed by atoms with Gasteiger partial charge in [-0.1, -0.05) is 33.1 Å². The first kappa shape index (κ1) is 12.5. The van der Waals surface area contributed by atoms with Gasteiger partial charge >= 0.3 is 5.97 Å². The molecule has 1 aliphatic heterocycles. The smallest absolute Gasteiger partial charge is 0.311 e. The Bertz CT molecular complexity index is 190. The third-order valence-corrected chi connectivity index (χ3v) is 3.12. The lowest BCUT2D eigenvalue weighted by atomic mass is 10.00. The molecule has 0 spiro atoms. The summed E-state index contributed by atoms with van der Waals surface area (Å²) in [4.78, 5) is 11.5. The van der Waals surface area contributed by atoms with Crippen molar-refractivity contribution in [1.82, 2.24) is 5.32 Å². The van der Waals surface area contributed by atoms with Crippen LogP contribution in [-0.2, 0) is 9.53 Å². The minimum absolute atomic E-state index is 0.0105. The van der Waals surface area contributed by atoms with Gasteiger partial charge in [0.25, 0.3) is 0 Å². The molecule has 0 radical (unpaired) electrons. The molecule has 0 aromatic heterocycles. The highest BCUT2D eigenvalue weighted by atomic mass is 16.5. The number of hydrogen-bond acceptors (Lipinski definition) is 3. The van der Waals surface area contributed by atoms with Crippen LogP contribution in [0.2, 0.25) is 0 Å². The minimum atomic E-state index is -0.0105. The van der Waals surface area contributed by atoms with Crippen molar-refractivity contribution in [3.8, 4) is 0 Å². The van der Waals surface area contributed by atoms with E-state index in [0.717, 1.165) is 19.5 Å². The number of carbonyl (C=O) groups is 1. The second kappa shape index (κ2) is 6.83. The van der Waals surface area contributed by atoms with Crippen molar-refractivity contribution >= 4 is 5.97 Å². The van der Waals surface area contributed by atoms with E-state index in [2.05, 4.69) is 19.2 Å². The summed E-state index contributed by atoms with van der Waals surface area (Å²) in [5.74, 6) is 0.666. The van der Waals surface area contributed by atoms with Gasteiger partial charge in [0.1, 0.15) is 0 Å². The lowest BCUT2D eigenvalue weighted by molar-refractivity contribution is -0.151. The Kier molecular flexibility index (Phi) is 5.69. The zero-order chi connectivity index (χ0) is 11.1. The Morgan fingerprint density at radius 2 is 2.20 bits per heavy atom. The lowest BCUT2D eigenvalue weighted by Gasteiger charge is -2.26. The normalized spacial score (nSPS) is 18.3. The van der Waals surface area contributed by atoms with Gasteiger partial charge < -0.3 is 10.1 Å². The Hall–Kier alpha value is -0.570. The predicted molar refractivity (Wildman–Crippen MR) is 60.6 cm³/mol. The molecule has 1 heterocycles. The lowest BCUT2D eigenvalue weighted by Crippen LogP contribution is -2.47. The fraction of sp³-hybridized carbons (Fsp3) is 0.917. The van der Waals surface area contributed by atoms with Crippen LogP contribution in [0.1, 0.15) is 39.5 Å². The van der Waals surface area contributed by atoms with Crippen molar-refractivity contribution < 1.29 is 9.53 Å². The van der Waals surface area contributed by atoms with Crippen molar-refractivity contribution in [2.45, 2.75) is 39.5 Å². The molecule has 3 heteroatoms. The molecule has 0 aromatic carbocycles. The third kappa shape index (κ3) is 4.20. The van der Waals surface area contributed by atoms with E-state index >= 15 is 0 Å². The molecule has 0 aliphatic carbocycles. The van der Waals surface area contributed by atoms with Crippen LogP contribution in [0.3, 0.4) is 0 Å². The SMILES string of the molecule is CCCCC(CC)COC(=O)C1CNC1. The maximum atomic E-state index is 11.5. The van der Waals surface area contributed by atoms with Crippen molar-refractivity contribution in [1.29, 1.82) is 0 Å². The average molecular weight is 213 g/mol. The van der Waals surface area contributed by atoms with Crippen LogP contribution in [0, 0.1) is 11.8 Å². The zero-order valence-electron chi connectivity index (χ0n) is 9.92. The van der Waals surface area contributed by atoms with E-state index in [9.17, 15) is 4.79 Å². The van der Waals surface area contributed by atoms with E-state index in [-0.39, 0.29) is 11.9 Å². The van der Waals surface area contributed by atoms with E-state index in [1.165, 1.54) is 19.3 Å². The molecule has 88 valence electrons. The monoisotopic (exact) mass is 213 g/mol. The maximum absolute atomic E-state index is 11.5. The number of hydrogen-bond donors (Lipinski definition) is 1. The summed E-state index contributed by atoms with van der Waals surface area (Å²) >= 11 is 0. The van der Waals surface area contributed by atoms with Gasteiger partial charge in [-0.2, -0.15) is 0 Å². The van der Waals surface area contributed by atoms with Crippen molar-refractivity contribution in [2.24, 2.45) is 11.8 Å². The van der Waals surface area contributed by atoms with Crippen LogP contribution in [0.25, 0.3) is 0 Å². The molecule has 15 heavy (non-hydrogen) atoms. The average Bonchev–Trinajstić information content (AvgIpc) is 2.15. The van der Waals surface area contributed by atoms with Crippen LogP contribution in [0.4, 0.5) is 0 Å². The summed E-state index contributed by atoms with van der Waals surface area (Å²) in [6.07, 6.45) is 4.75. The van der Waals surface area contributed by atoms with Crippen molar-refractivity contribution in [3.63, 3.8) is 0 Å². The molecule has 1 atom stereocenters. The van der Waals surface area contributed by atoms with E-state index in [1.807, 2.05) is 0 Å². The summed E-state index contributed by atoms with van der Waals surface area (Å²) in [6.45, 7) is 6.57. The van der Waals surface area contributed by atoms with Gasteiger partial charge in [-0.05, 0) is 12.3 Å². The molecular weight excluding hydrogens is 190 g/mol. The van der Waals surface area contributed by atoms with E-state index in [0.29, 0.717) is 12.5 Å². The minimum Gasteiger partial charge on any atom is -0.465 e. The number of nitrogens with one attached hydrogen (secondary N) is 1. The fourth-order valence-corrected chi connectivity index (χ4v) is 1.67. The number of unbranched alkanes of at least 4 members (excludes halogenated alkanes) is 1. The topological polar surface area (TPSA) is 38.3 Å². The third-order valence-electron chi connectivity index (χ3n) is 3.12. The van der Waals surface area contributed by atoms with Crippen molar-refractivity contribution in [3.05, 3.63) is 0 Å². The maximum Gasteiger partial charge on any atom is 0.311 e. The van der Waals surface area contributed by atoms with Gasteiger partial charge in [0, 0.05) is 13.1 Å². The highest BCUT2D eigenvalue weighted by Crippen LogP contribution is 2.14. The molecule has 1 aliphatic rings. The quantitative estimate of drug-likeness (QED) is 0.657. The van der Waals surface area contributed by atoms with Crippen LogP contribution >= 0.6 is 0 Å². The summed E-state index contributed by atoms with van der Waals surface area (Å²) in [5, 5.41) is 3.08. The molecule has 0 saturated carbocycles. The largest absolute Gasteiger partial charge is 0.465 e. The highest BCUT2D eigenvalue weighted by molar-refractivity contribution is 5.73. The van der Waals surface area contributed by atoms with E-state index < -0.39 is 0 Å². The number of carbonyl (C=O) groups excluding carboxylic acids is 1. The molecule has 1 N–H and O–H groups in total. The fourth-order valence-electron chi connectivity index (χ4n) is 1.67. The molecule has 1 saturated heterocycles. The molecular formula is C12H23NO2. The molecule has 0 bridgehead atoms. The van der Waals surface area contributed by atoms with E-state index in [1.54, 1.807) is 0 Å². The molecule has 1 unspecified atom stereocenters. The second-order valence-electron chi connectivity index (χ2n) is 4.40. The van der Waals surface area contributed by atoms with Gasteiger partial charge in [0.05, 0.1) is 12.5 Å². The Morgan fingerprint density at radius 1 is 1.47 bits per heavy atom. The van der Waals surface area contributed by atoms with Gasteiger partial charge in [0.2, 0.25) is 0 Å². The summed E-state index contributed by atoms with van der Waals surface area (Å²) < 4.78 is 5.32. The number of esters is 1. The number of rotatable bonds is 7. The second-order valence-corrected chi connectivity index (χ2v) is 4.40.